The van der Waals surface area contributed by atoms with E-state index in [-0.39, 0.29) is 92.8 Å². The van der Waals surface area contributed by atoms with Crippen molar-refractivity contribution in [1.29, 1.82) is 0 Å². The third-order valence-corrected chi connectivity index (χ3v) is 14.6. The van der Waals surface area contributed by atoms with Crippen LogP contribution in [0.4, 0.5) is 0 Å². The van der Waals surface area contributed by atoms with Crippen LogP contribution in [0.1, 0.15) is 112 Å². The predicted molar refractivity (Wildman–Crippen MR) is 151 cm³/mol. The monoisotopic (exact) mass is 664 g/mol. The topological polar surface area (TPSA) is 153 Å². The first-order valence-electron chi connectivity index (χ1n) is 15.7. The third kappa shape index (κ3) is 6.55. The molecule has 0 radical (unpaired) electrons. The van der Waals surface area contributed by atoms with E-state index in [9.17, 15) is 31.0 Å². The first-order valence-corrected chi connectivity index (χ1v) is 18.3. The standard InChI is InChI=1S/C30H52O9S2.2Na/c1-19(2)15-21(31)16-20(3)22-9-11-28(6)24-8-7-23-26(4,18-38-40(32,33)34)25(39-41(35,36)37)10-12-29(23)17-30(24,29)14-13-27(22,28)5;;/h19-25,31H,7-18H2,1-6H3,(H,32,33,34)(H,35,36,37);;/q;2*+1/p-2/t20-,21?,22-,23+,24+,25+,26+,27-,28+,29-,30+;;/m1../s1. The average Bonchev–Trinajstić information content (AvgIpc) is 3.40. The Morgan fingerprint density at radius 3 is 1.98 bits per heavy atom. The summed E-state index contributed by atoms with van der Waals surface area (Å²) in [6, 6.07) is 0. The second-order valence-corrected chi connectivity index (χ2v) is 17.9. The first kappa shape index (κ1) is 39.1. The molecule has 0 aromatic heterocycles. The Morgan fingerprint density at radius 1 is 0.791 bits per heavy atom. The van der Waals surface area contributed by atoms with E-state index in [4.69, 9.17) is 8.37 Å². The molecule has 1 N–H and O–H groups in total. The average molecular weight is 665 g/mol. The van der Waals surface area contributed by atoms with E-state index < -0.39 is 38.9 Å². The maximum atomic E-state index is 11.7. The fourth-order valence-electron chi connectivity index (χ4n) is 12.0. The van der Waals surface area contributed by atoms with Gasteiger partial charge in [0.2, 0.25) is 20.8 Å². The molecule has 0 amide bonds. The minimum atomic E-state index is -5.03. The molecule has 238 valence electrons. The van der Waals surface area contributed by atoms with Crippen molar-refractivity contribution in [1.82, 2.24) is 0 Å². The number of rotatable bonds is 10. The van der Waals surface area contributed by atoms with Crippen molar-refractivity contribution in [3.05, 3.63) is 0 Å². The summed E-state index contributed by atoms with van der Waals surface area (Å²) >= 11 is 0. The van der Waals surface area contributed by atoms with Gasteiger partial charge >= 0.3 is 59.1 Å². The maximum Gasteiger partial charge on any atom is 1.00 e. The van der Waals surface area contributed by atoms with Crippen molar-refractivity contribution in [2.75, 3.05) is 6.61 Å². The van der Waals surface area contributed by atoms with E-state index in [2.05, 4.69) is 34.6 Å². The number of aliphatic hydroxyl groups excluding tert-OH is 1. The van der Waals surface area contributed by atoms with Crippen LogP contribution >= 0.6 is 0 Å². The molecule has 5 saturated carbocycles. The number of hydrogen-bond acceptors (Lipinski definition) is 9. The second-order valence-electron chi connectivity index (χ2n) is 15.9. The number of hydrogen-bond donors (Lipinski definition) is 1. The molecule has 5 rings (SSSR count). The molecular formula is C30H50Na2O9S2. The van der Waals surface area contributed by atoms with Gasteiger partial charge in [-0.25, -0.2) is 16.8 Å². The van der Waals surface area contributed by atoms with Gasteiger partial charge in [0, 0.05) is 5.41 Å². The van der Waals surface area contributed by atoms with Gasteiger partial charge in [0.1, 0.15) is 0 Å². The van der Waals surface area contributed by atoms with E-state index in [0.29, 0.717) is 30.1 Å². The molecule has 0 heterocycles. The Balaban J connectivity index is 0.00000253. The Labute approximate surface area is 304 Å². The number of aliphatic hydroxyl groups is 1. The van der Waals surface area contributed by atoms with Crippen LogP contribution in [0.15, 0.2) is 0 Å². The van der Waals surface area contributed by atoms with Crippen molar-refractivity contribution in [3.8, 4) is 0 Å². The molecule has 0 saturated heterocycles. The van der Waals surface area contributed by atoms with Crippen molar-refractivity contribution in [2.45, 2.75) is 124 Å². The van der Waals surface area contributed by atoms with Crippen LogP contribution in [0.2, 0.25) is 0 Å². The second kappa shape index (κ2) is 12.9. The SMILES string of the molecule is CC(C)CC(O)C[C@@H](C)[C@H]1CC[C@@]2(C)[C@@H]3CC[C@H]4[C@](C)(COS(=O)(=O)[O-])[C@@H](OS(=O)(=O)[O-])CC[C@@]45C[C@@]35CC[C@]12C.[Na+].[Na+]. The van der Waals surface area contributed by atoms with Crippen LogP contribution in [-0.2, 0) is 29.2 Å². The van der Waals surface area contributed by atoms with Gasteiger partial charge in [0.15, 0.2) is 0 Å². The van der Waals surface area contributed by atoms with E-state index in [1.807, 2.05) is 0 Å². The van der Waals surface area contributed by atoms with Gasteiger partial charge in [-0.05, 0) is 122 Å². The molecule has 5 aliphatic rings. The van der Waals surface area contributed by atoms with E-state index in [1.165, 1.54) is 0 Å². The van der Waals surface area contributed by atoms with Gasteiger partial charge in [-0.2, -0.15) is 0 Å². The largest absolute Gasteiger partial charge is 1.00 e. The Kier molecular flexibility index (Phi) is 11.7. The summed E-state index contributed by atoms with van der Waals surface area (Å²) in [6.45, 7) is 12.9. The Hall–Kier alpha value is 1.70. The van der Waals surface area contributed by atoms with Crippen LogP contribution in [0.5, 0.6) is 0 Å². The van der Waals surface area contributed by atoms with Crippen molar-refractivity contribution >= 4 is 20.8 Å². The zero-order chi connectivity index (χ0) is 30.4. The normalized spacial score (nSPS) is 45.0. The van der Waals surface area contributed by atoms with Crippen molar-refractivity contribution in [3.63, 3.8) is 0 Å². The van der Waals surface area contributed by atoms with Crippen LogP contribution < -0.4 is 59.1 Å². The van der Waals surface area contributed by atoms with E-state index >= 15 is 0 Å². The summed E-state index contributed by atoms with van der Waals surface area (Å²) in [5.74, 6) is 1.84. The number of fused-ring (bicyclic) bond motifs is 2. The summed E-state index contributed by atoms with van der Waals surface area (Å²) in [6.07, 6.45) is 8.57. The molecule has 11 atom stereocenters. The van der Waals surface area contributed by atoms with Crippen LogP contribution in [-0.4, -0.2) is 49.9 Å². The molecule has 0 aliphatic heterocycles. The Bertz CT molecular complexity index is 1250. The van der Waals surface area contributed by atoms with Crippen LogP contribution in [0.25, 0.3) is 0 Å². The minimum absolute atomic E-state index is 0. The smallest absolute Gasteiger partial charge is 0.726 e. The molecule has 0 bridgehead atoms. The molecule has 5 aliphatic carbocycles. The molecule has 9 nitrogen and oxygen atoms in total. The quantitative estimate of drug-likeness (QED) is 0.179. The van der Waals surface area contributed by atoms with Gasteiger partial charge < -0.3 is 14.2 Å². The molecule has 0 aromatic carbocycles. The van der Waals surface area contributed by atoms with Gasteiger partial charge in [0.25, 0.3) is 0 Å². The molecule has 1 unspecified atom stereocenters. The summed E-state index contributed by atoms with van der Waals surface area (Å²) in [4.78, 5) is 0. The predicted octanol–water partition coefficient (Wildman–Crippen LogP) is -0.831. The van der Waals surface area contributed by atoms with Gasteiger partial charge in [-0.3, -0.25) is 8.37 Å². The molecule has 2 spiro atoms. The van der Waals surface area contributed by atoms with Gasteiger partial charge in [-0.15, -0.1) is 0 Å². The minimum Gasteiger partial charge on any atom is -0.726 e. The third-order valence-electron chi connectivity index (χ3n) is 13.7. The summed E-state index contributed by atoms with van der Waals surface area (Å²) in [7, 11) is -10.0. The maximum absolute atomic E-state index is 11.7. The zero-order valence-corrected chi connectivity index (χ0v) is 33.2. The summed E-state index contributed by atoms with van der Waals surface area (Å²) in [5, 5.41) is 10.8. The first-order chi connectivity index (χ1) is 18.7. The van der Waals surface area contributed by atoms with Gasteiger partial charge in [0.05, 0.1) is 18.8 Å². The fourth-order valence-corrected chi connectivity index (χ4v) is 13.0. The molecule has 13 heteroatoms. The zero-order valence-electron chi connectivity index (χ0n) is 27.6. The summed E-state index contributed by atoms with van der Waals surface area (Å²) in [5.41, 5.74) is -0.815. The Morgan fingerprint density at radius 2 is 1.40 bits per heavy atom. The van der Waals surface area contributed by atoms with E-state index in [0.717, 1.165) is 64.2 Å². The van der Waals surface area contributed by atoms with Crippen molar-refractivity contribution < 1.29 is 98.5 Å². The van der Waals surface area contributed by atoms with Crippen LogP contribution in [0.3, 0.4) is 0 Å². The fraction of sp³-hybridized carbons (Fsp3) is 1.00. The molecular weight excluding hydrogens is 614 g/mol. The summed E-state index contributed by atoms with van der Waals surface area (Å²) < 4.78 is 79.2. The van der Waals surface area contributed by atoms with Gasteiger partial charge in [-0.1, -0.05) is 41.5 Å². The van der Waals surface area contributed by atoms with Crippen molar-refractivity contribution in [2.24, 2.45) is 56.7 Å². The molecule has 43 heavy (non-hydrogen) atoms. The van der Waals surface area contributed by atoms with Crippen LogP contribution in [0, 0.1) is 56.7 Å². The molecule has 5 fully saturated rings. The molecule has 0 aromatic rings. The van der Waals surface area contributed by atoms with E-state index in [1.54, 1.807) is 6.92 Å².